The zero-order chi connectivity index (χ0) is 15.3. The van der Waals surface area contributed by atoms with Gasteiger partial charge in [0.05, 0.1) is 19.7 Å². The molecule has 1 rings (SSSR count). The predicted molar refractivity (Wildman–Crippen MR) is 74.1 cm³/mol. The highest BCUT2D eigenvalue weighted by Crippen LogP contribution is 2.17. The summed E-state index contributed by atoms with van der Waals surface area (Å²) in [5, 5.41) is 2.74. The molecule has 0 spiro atoms. The monoisotopic (exact) mass is 284 g/mol. The van der Waals surface area contributed by atoms with Gasteiger partial charge in [-0.3, -0.25) is 19.3 Å². The highest BCUT2D eigenvalue weighted by molar-refractivity contribution is 5.88. The maximum absolute atomic E-state index is 12.0. The summed E-state index contributed by atoms with van der Waals surface area (Å²) in [7, 11) is 1.35. The Hall–Kier alpha value is -1.43. The first kappa shape index (κ1) is 16.6. The second-order valence-electron chi connectivity index (χ2n) is 5.55. The number of carbonyl (C=O) groups excluding carboxylic acids is 3. The number of hydrogen-bond acceptors (Lipinski definition) is 5. The van der Waals surface area contributed by atoms with Gasteiger partial charge >= 0.3 is 5.97 Å². The van der Waals surface area contributed by atoms with Crippen molar-refractivity contribution in [3.8, 4) is 0 Å². The molecule has 114 valence electrons. The molecule has 1 saturated heterocycles. The number of ether oxygens (including phenoxy) is 1. The van der Waals surface area contributed by atoms with Gasteiger partial charge in [-0.2, -0.15) is 0 Å². The first-order valence-corrected chi connectivity index (χ1v) is 6.98. The van der Waals surface area contributed by atoms with Crippen LogP contribution >= 0.6 is 0 Å². The molecule has 0 aromatic heterocycles. The van der Waals surface area contributed by atoms with Crippen molar-refractivity contribution < 1.29 is 19.1 Å². The van der Waals surface area contributed by atoms with E-state index < -0.39 is 6.04 Å². The Labute approximate surface area is 119 Å². The van der Waals surface area contributed by atoms with Gasteiger partial charge in [0.1, 0.15) is 6.04 Å². The second-order valence-corrected chi connectivity index (χ2v) is 5.55. The van der Waals surface area contributed by atoms with Crippen LogP contribution in [0.1, 0.15) is 33.6 Å². The molecule has 1 heterocycles. The smallest absolute Gasteiger partial charge is 0.323 e. The number of Topliss-reactive ketones (excluding diaryl/α,β-unsaturated/α-hetero) is 1. The molecule has 2 unspecified atom stereocenters. The van der Waals surface area contributed by atoms with E-state index in [1.807, 2.05) is 13.8 Å². The average molecular weight is 284 g/mol. The predicted octanol–water partition coefficient (Wildman–Crippen LogP) is 0.354. The number of ketones is 1. The number of nitrogens with zero attached hydrogens (tertiary/aromatic N) is 1. The van der Waals surface area contributed by atoms with Gasteiger partial charge in [-0.05, 0) is 32.2 Å². The SMILES string of the molecule is COC(=O)C1CCCN1CC(=O)NC(C(C)=O)C(C)C. The molecule has 6 heteroatoms. The molecule has 1 amide bonds. The van der Waals surface area contributed by atoms with Crippen molar-refractivity contribution in [1.82, 2.24) is 10.2 Å². The van der Waals surface area contributed by atoms with Crippen molar-refractivity contribution >= 4 is 17.7 Å². The lowest BCUT2D eigenvalue weighted by atomic mass is 10.0. The molecule has 20 heavy (non-hydrogen) atoms. The van der Waals surface area contributed by atoms with Crippen LogP contribution in [0.2, 0.25) is 0 Å². The third-order valence-electron chi connectivity index (χ3n) is 3.60. The fourth-order valence-corrected chi connectivity index (χ4v) is 2.56. The number of amides is 1. The van der Waals surface area contributed by atoms with Gasteiger partial charge in [0.15, 0.2) is 5.78 Å². The van der Waals surface area contributed by atoms with Crippen molar-refractivity contribution in [3.63, 3.8) is 0 Å². The second kappa shape index (κ2) is 7.38. The van der Waals surface area contributed by atoms with Crippen molar-refractivity contribution in [2.24, 2.45) is 5.92 Å². The summed E-state index contributed by atoms with van der Waals surface area (Å²) in [6.07, 6.45) is 1.58. The lowest BCUT2D eigenvalue weighted by molar-refractivity contribution is -0.146. The third-order valence-corrected chi connectivity index (χ3v) is 3.60. The van der Waals surface area contributed by atoms with Crippen LogP contribution in [0.25, 0.3) is 0 Å². The van der Waals surface area contributed by atoms with E-state index in [1.54, 1.807) is 4.90 Å². The standard InChI is InChI=1S/C14H24N2O4/c1-9(2)13(10(3)17)15-12(18)8-16-7-5-6-11(16)14(19)20-4/h9,11,13H,5-8H2,1-4H3,(H,15,18). The van der Waals surface area contributed by atoms with Crippen LogP contribution in [0, 0.1) is 5.92 Å². The first-order valence-electron chi connectivity index (χ1n) is 6.98. The van der Waals surface area contributed by atoms with E-state index in [-0.39, 0.29) is 36.2 Å². The summed E-state index contributed by atoms with van der Waals surface area (Å²) < 4.78 is 4.74. The van der Waals surface area contributed by atoms with Gasteiger partial charge in [-0.25, -0.2) is 0 Å². The molecule has 1 aliphatic rings. The van der Waals surface area contributed by atoms with Gasteiger partial charge in [-0.1, -0.05) is 13.8 Å². The number of carbonyl (C=O) groups is 3. The Bertz CT molecular complexity index is 381. The van der Waals surface area contributed by atoms with Gasteiger partial charge in [0.25, 0.3) is 0 Å². The van der Waals surface area contributed by atoms with E-state index in [0.29, 0.717) is 13.0 Å². The number of nitrogens with one attached hydrogen (secondary N) is 1. The van der Waals surface area contributed by atoms with E-state index in [0.717, 1.165) is 6.42 Å². The lowest BCUT2D eigenvalue weighted by Gasteiger charge is -2.24. The zero-order valence-corrected chi connectivity index (χ0v) is 12.6. The van der Waals surface area contributed by atoms with Crippen LogP contribution in [0.5, 0.6) is 0 Å². The Morgan fingerprint density at radius 2 is 2.00 bits per heavy atom. The average Bonchev–Trinajstić information content (AvgIpc) is 2.82. The van der Waals surface area contributed by atoms with Gasteiger partial charge < -0.3 is 10.1 Å². The summed E-state index contributed by atoms with van der Waals surface area (Å²) >= 11 is 0. The third kappa shape index (κ3) is 4.30. The lowest BCUT2D eigenvalue weighted by Crippen LogP contribution is -2.49. The van der Waals surface area contributed by atoms with E-state index in [4.69, 9.17) is 4.74 Å². The topological polar surface area (TPSA) is 75.7 Å². The minimum absolute atomic E-state index is 0.0476. The van der Waals surface area contributed by atoms with Crippen LogP contribution < -0.4 is 5.32 Å². The fraction of sp³-hybridized carbons (Fsp3) is 0.786. The number of likely N-dealkylation sites (tertiary alicyclic amines) is 1. The molecule has 2 atom stereocenters. The normalized spacial score (nSPS) is 20.8. The van der Waals surface area contributed by atoms with Crippen LogP contribution in [0.4, 0.5) is 0 Å². The quantitative estimate of drug-likeness (QED) is 0.712. The van der Waals surface area contributed by atoms with Gasteiger partial charge in [0.2, 0.25) is 5.91 Å². The summed E-state index contributed by atoms with van der Waals surface area (Å²) in [6, 6.07) is -0.817. The first-order chi connectivity index (χ1) is 9.36. The molecule has 1 aliphatic heterocycles. The van der Waals surface area contributed by atoms with Crippen molar-refractivity contribution in [2.45, 2.75) is 45.7 Å². The van der Waals surface area contributed by atoms with Crippen LogP contribution in [-0.2, 0) is 19.1 Å². The molecule has 0 aliphatic carbocycles. The molecule has 0 bridgehead atoms. The van der Waals surface area contributed by atoms with Crippen LogP contribution in [0.3, 0.4) is 0 Å². The number of methoxy groups -OCH3 is 1. The van der Waals surface area contributed by atoms with Crippen molar-refractivity contribution in [2.75, 3.05) is 20.2 Å². The largest absolute Gasteiger partial charge is 0.468 e. The van der Waals surface area contributed by atoms with Crippen LogP contribution in [-0.4, -0.2) is 54.8 Å². The summed E-state index contributed by atoms with van der Waals surface area (Å²) in [4.78, 5) is 36.9. The molecule has 0 aromatic rings. The number of rotatable bonds is 6. The molecule has 0 saturated carbocycles. The molecular formula is C14H24N2O4. The zero-order valence-electron chi connectivity index (χ0n) is 12.6. The molecule has 0 aromatic carbocycles. The van der Waals surface area contributed by atoms with Gasteiger partial charge in [-0.15, -0.1) is 0 Å². The highest BCUT2D eigenvalue weighted by Gasteiger charge is 2.33. The highest BCUT2D eigenvalue weighted by atomic mass is 16.5. The van der Waals surface area contributed by atoms with E-state index >= 15 is 0 Å². The maximum atomic E-state index is 12.0. The van der Waals surface area contributed by atoms with Crippen molar-refractivity contribution in [1.29, 1.82) is 0 Å². The van der Waals surface area contributed by atoms with E-state index in [2.05, 4.69) is 5.32 Å². The molecule has 1 N–H and O–H groups in total. The minimum atomic E-state index is -0.471. The summed E-state index contributed by atoms with van der Waals surface area (Å²) in [5.41, 5.74) is 0. The summed E-state index contributed by atoms with van der Waals surface area (Å²) in [6.45, 7) is 6.06. The Morgan fingerprint density at radius 1 is 1.35 bits per heavy atom. The number of hydrogen-bond donors (Lipinski definition) is 1. The summed E-state index contributed by atoms with van der Waals surface area (Å²) in [5.74, 6) is -0.539. The number of esters is 1. The molecular weight excluding hydrogens is 260 g/mol. The Balaban J connectivity index is 2.57. The Morgan fingerprint density at radius 3 is 2.50 bits per heavy atom. The fourth-order valence-electron chi connectivity index (χ4n) is 2.56. The molecule has 1 fully saturated rings. The Kier molecular flexibility index (Phi) is 6.13. The van der Waals surface area contributed by atoms with E-state index in [9.17, 15) is 14.4 Å². The van der Waals surface area contributed by atoms with Crippen LogP contribution in [0.15, 0.2) is 0 Å². The minimum Gasteiger partial charge on any atom is -0.468 e. The van der Waals surface area contributed by atoms with E-state index in [1.165, 1.54) is 14.0 Å². The maximum Gasteiger partial charge on any atom is 0.323 e. The van der Waals surface area contributed by atoms with Crippen molar-refractivity contribution in [3.05, 3.63) is 0 Å². The molecule has 0 radical (unpaired) electrons. The van der Waals surface area contributed by atoms with Gasteiger partial charge in [0, 0.05) is 0 Å². The molecule has 6 nitrogen and oxygen atoms in total.